The van der Waals surface area contributed by atoms with Crippen LogP contribution in [0.3, 0.4) is 0 Å². The smallest absolute Gasteiger partial charge is 0.251 e. The zero-order valence-corrected chi connectivity index (χ0v) is 19.9. The molecular formula is C22H30FIN4O2. The maximum Gasteiger partial charge on any atom is 0.251 e. The van der Waals surface area contributed by atoms with Gasteiger partial charge in [0.15, 0.2) is 5.96 Å². The third kappa shape index (κ3) is 8.98. The molecule has 3 N–H and O–H groups in total. The van der Waals surface area contributed by atoms with Gasteiger partial charge in [0.25, 0.3) is 5.91 Å². The Labute approximate surface area is 194 Å². The molecule has 1 atom stereocenters. The first kappa shape index (κ1) is 25.7. The first-order valence-electron chi connectivity index (χ1n) is 9.83. The van der Waals surface area contributed by atoms with Crippen molar-refractivity contribution in [1.29, 1.82) is 0 Å². The van der Waals surface area contributed by atoms with E-state index in [4.69, 9.17) is 4.74 Å². The van der Waals surface area contributed by atoms with Crippen molar-refractivity contribution >= 4 is 35.8 Å². The summed E-state index contributed by atoms with van der Waals surface area (Å²) in [5.41, 5.74) is 1.57. The molecule has 6 nitrogen and oxygen atoms in total. The van der Waals surface area contributed by atoms with Crippen LogP contribution in [0.4, 0.5) is 4.39 Å². The van der Waals surface area contributed by atoms with Crippen molar-refractivity contribution in [1.82, 2.24) is 16.0 Å². The maximum absolute atomic E-state index is 13.0. The van der Waals surface area contributed by atoms with Crippen LogP contribution in [0.15, 0.2) is 53.5 Å². The van der Waals surface area contributed by atoms with Crippen LogP contribution >= 0.6 is 24.0 Å². The second-order valence-electron chi connectivity index (χ2n) is 6.52. The molecule has 164 valence electrons. The van der Waals surface area contributed by atoms with Gasteiger partial charge in [0.05, 0.1) is 13.1 Å². The van der Waals surface area contributed by atoms with E-state index in [9.17, 15) is 9.18 Å². The van der Waals surface area contributed by atoms with Gasteiger partial charge < -0.3 is 20.7 Å². The van der Waals surface area contributed by atoms with Crippen LogP contribution in [0.2, 0.25) is 0 Å². The highest BCUT2D eigenvalue weighted by Crippen LogP contribution is 2.12. The van der Waals surface area contributed by atoms with E-state index in [2.05, 4.69) is 20.9 Å². The highest BCUT2D eigenvalue weighted by Gasteiger charge is 2.07. The maximum atomic E-state index is 13.0. The minimum Gasteiger partial charge on any atom is -0.489 e. The minimum atomic E-state index is -0.291. The topological polar surface area (TPSA) is 74.8 Å². The minimum absolute atomic E-state index is 0. The average Bonchev–Trinajstić information content (AvgIpc) is 2.72. The van der Waals surface area contributed by atoms with Crippen LogP contribution in [0.25, 0.3) is 0 Å². The van der Waals surface area contributed by atoms with Gasteiger partial charge in [-0.2, -0.15) is 0 Å². The summed E-state index contributed by atoms with van der Waals surface area (Å²) in [4.78, 5) is 16.6. The quantitative estimate of drug-likeness (QED) is 0.264. The molecule has 2 aromatic carbocycles. The fourth-order valence-corrected chi connectivity index (χ4v) is 2.61. The van der Waals surface area contributed by atoms with Crippen molar-refractivity contribution in [2.75, 3.05) is 19.6 Å². The summed E-state index contributed by atoms with van der Waals surface area (Å²) in [5, 5.41) is 9.23. The van der Waals surface area contributed by atoms with Crippen molar-refractivity contribution in [2.45, 2.75) is 33.4 Å². The molecule has 1 unspecified atom stereocenters. The van der Waals surface area contributed by atoms with Crippen molar-refractivity contribution in [3.05, 3.63) is 65.5 Å². The third-order valence-corrected chi connectivity index (χ3v) is 4.00. The van der Waals surface area contributed by atoms with Crippen LogP contribution in [0.1, 0.15) is 36.7 Å². The summed E-state index contributed by atoms with van der Waals surface area (Å²) in [5.74, 6) is 0.895. The number of hydrogen-bond donors (Lipinski definition) is 3. The zero-order chi connectivity index (χ0) is 21.1. The first-order chi connectivity index (χ1) is 14.0. The molecule has 0 aliphatic heterocycles. The van der Waals surface area contributed by atoms with E-state index in [0.29, 0.717) is 36.9 Å². The summed E-state index contributed by atoms with van der Waals surface area (Å²) in [7, 11) is 0. The lowest BCUT2D eigenvalue weighted by molar-refractivity contribution is 0.0955. The highest BCUT2D eigenvalue weighted by atomic mass is 127. The Kier molecular flexibility index (Phi) is 11.8. The van der Waals surface area contributed by atoms with Crippen molar-refractivity contribution < 1.29 is 13.9 Å². The van der Waals surface area contributed by atoms with Crippen molar-refractivity contribution in [3.63, 3.8) is 0 Å². The van der Waals surface area contributed by atoms with Gasteiger partial charge >= 0.3 is 0 Å². The molecule has 1 amide bonds. The summed E-state index contributed by atoms with van der Waals surface area (Å²) in [6.45, 7) is 8.09. The molecule has 2 rings (SSSR count). The predicted molar refractivity (Wildman–Crippen MR) is 129 cm³/mol. The van der Waals surface area contributed by atoms with E-state index in [0.717, 1.165) is 12.1 Å². The van der Waals surface area contributed by atoms with Gasteiger partial charge in [0.1, 0.15) is 17.7 Å². The number of nitrogens with one attached hydrogen (secondary N) is 3. The van der Waals surface area contributed by atoms with Gasteiger partial charge in [-0.3, -0.25) is 4.79 Å². The number of halogens is 2. The number of ether oxygens (including phenoxy) is 1. The number of rotatable bonds is 9. The molecule has 0 fully saturated rings. The lowest BCUT2D eigenvalue weighted by Gasteiger charge is -2.17. The lowest BCUT2D eigenvalue weighted by atomic mass is 10.1. The highest BCUT2D eigenvalue weighted by molar-refractivity contribution is 14.0. The lowest BCUT2D eigenvalue weighted by Crippen LogP contribution is -2.41. The molecule has 0 aliphatic rings. The van der Waals surface area contributed by atoms with E-state index >= 15 is 0 Å². The number of hydrogen-bond acceptors (Lipinski definition) is 3. The Balaban J connectivity index is 0.00000450. The molecule has 30 heavy (non-hydrogen) atoms. The number of nitrogens with zero attached hydrogens (tertiary/aromatic N) is 1. The van der Waals surface area contributed by atoms with Gasteiger partial charge in [0.2, 0.25) is 0 Å². The Bertz CT molecular complexity index is 815. The van der Waals surface area contributed by atoms with Crippen molar-refractivity contribution in [3.8, 4) is 5.75 Å². The molecule has 0 saturated carbocycles. The Morgan fingerprint density at radius 3 is 2.43 bits per heavy atom. The number of benzene rings is 2. The van der Waals surface area contributed by atoms with E-state index in [-0.39, 0.29) is 41.8 Å². The summed E-state index contributed by atoms with van der Waals surface area (Å²) < 4.78 is 18.8. The second kappa shape index (κ2) is 13.8. The molecule has 0 aromatic heterocycles. The van der Waals surface area contributed by atoms with Crippen LogP contribution in [0.5, 0.6) is 5.75 Å². The number of carbonyl (C=O) groups excluding carboxylic acids is 1. The van der Waals surface area contributed by atoms with Crippen LogP contribution in [-0.4, -0.2) is 37.6 Å². The number of carbonyl (C=O) groups is 1. The molecule has 0 bridgehead atoms. The van der Waals surface area contributed by atoms with E-state index < -0.39 is 0 Å². The van der Waals surface area contributed by atoms with Crippen LogP contribution in [-0.2, 0) is 6.54 Å². The van der Waals surface area contributed by atoms with Gasteiger partial charge in [-0.15, -0.1) is 24.0 Å². The summed E-state index contributed by atoms with van der Waals surface area (Å²) in [6.07, 6.45) is -0.134. The van der Waals surface area contributed by atoms with Gasteiger partial charge in [-0.25, -0.2) is 9.38 Å². The first-order valence-corrected chi connectivity index (χ1v) is 9.83. The largest absolute Gasteiger partial charge is 0.489 e. The monoisotopic (exact) mass is 528 g/mol. The Hall–Kier alpha value is -2.36. The third-order valence-electron chi connectivity index (χ3n) is 4.00. The molecular weight excluding hydrogens is 498 g/mol. The molecule has 0 radical (unpaired) electrons. The van der Waals surface area contributed by atoms with Crippen LogP contribution in [0, 0.1) is 5.82 Å². The fraction of sp³-hybridized carbons (Fsp3) is 0.364. The number of guanidine groups is 1. The van der Waals surface area contributed by atoms with Crippen LogP contribution < -0.4 is 20.7 Å². The summed E-state index contributed by atoms with van der Waals surface area (Å²) >= 11 is 0. The molecule has 0 saturated heterocycles. The Morgan fingerprint density at radius 1 is 1.07 bits per heavy atom. The SMILES string of the molecule is CCNC(=O)c1cccc(CN=C(NCC)NCC(C)Oc2ccc(F)cc2)c1.I. The normalized spacial score (nSPS) is 11.8. The van der Waals surface area contributed by atoms with Gasteiger partial charge in [0, 0.05) is 18.7 Å². The summed E-state index contributed by atoms with van der Waals surface area (Å²) in [6, 6.07) is 13.4. The molecule has 2 aromatic rings. The second-order valence-corrected chi connectivity index (χ2v) is 6.52. The van der Waals surface area contributed by atoms with Gasteiger partial charge in [-0.1, -0.05) is 12.1 Å². The van der Waals surface area contributed by atoms with E-state index in [1.54, 1.807) is 18.2 Å². The standard InChI is InChI=1S/C22H29FN4O2.HI/c1-4-24-21(28)18-8-6-7-17(13-18)15-27-22(25-5-2)26-14-16(3)29-20-11-9-19(23)10-12-20;/h6-13,16H,4-5,14-15H2,1-3H3,(H,24,28)(H2,25,26,27);1H. The molecule has 8 heteroatoms. The molecule has 0 aliphatic carbocycles. The zero-order valence-electron chi connectivity index (χ0n) is 17.6. The van der Waals surface area contributed by atoms with E-state index in [1.807, 2.05) is 39.0 Å². The number of aliphatic imine (C=N–C) groups is 1. The average molecular weight is 528 g/mol. The Morgan fingerprint density at radius 2 is 1.77 bits per heavy atom. The number of amides is 1. The van der Waals surface area contributed by atoms with E-state index in [1.165, 1.54) is 12.1 Å². The predicted octanol–water partition coefficient (Wildman–Crippen LogP) is 3.72. The molecule has 0 heterocycles. The van der Waals surface area contributed by atoms with Crippen molar-refractivity contribution in [2.24, 2.45) is 4.99 Å². The van der Waals surface area contributed by atoms with Gasteiger partial charge in [-0.05, 0) is 62.7 Å². The molecule has 0 spiro atoms. The fourth-order valence-electron chi connectivity index (χ4n) is 2.61.